The quantitative estimate of drug-likeness (QED) is 0.0873. The number of carbonyl (C=O) groups is 2. The van der Waals surface area contributed by atoms with E-state index in [1.165, 1.54) is 17.5 Å². The van der Waals surface area contributed by atoms with Crippen molar-refractivity contribution >= 4 is 29.6 Å². The molecule has 0 saturated carbocycles. The van der Waals surface area contributed by atoms with Gasteiger partial charge in [-0.15, -0.1) is 0 Å². The molecule has 0 fully saturated rings. The predicted octanol–water partition coefficient (Wildman–Crippen LogP) is 3.17. The van der Waals surface area contributed by atoms with E-state index in [4.69, 9.17) is 11.1 Å². The van der Waals surface area contributed by atoms with Crippen LogP contribution >= 0.6 is 11.9 Å². The molecule has 0 saturated heterocycles. The number of carbonyl (C=O) groups excluding carboxylic acids is 2. The second-order valence-corrected chi connectivity index (χ2v) is 8.80. The second kappa shape index (κ2) is 20.3. The zero-order valence-corrected chi connectivity index (χ0v) is 23.6. The molecule has 0 aliphatic rings. The fourth-order valence-corrected chi connectivity index (χ4v) is 3.69. The highest BCUT2D eigenvalue weighted by Gasteiger charge is 2.19. The molecule has 7 N–H and O–H groups in total. The number of nitrogens with one attached hydrogen (secondary N) is 4. The third kappa shape index (κ3) is 14.1. The van der Waals surface area contributed by atoms with Crippen LogP contribution in [0, 0.1) is 5.41 Å². The zero-order valence-electron chi connectivity index (χ0n) is 22.8. The summed E-state index contributed by atoms with van der Waals surface area (Å²) in [5, 5.41) is 22.0. The lowest BCUT2D eigenvalue weighted by Gasteiger charge is -2.16. The van der Waals surface area contributed by atoms with E-state index in [2.05, 4.69) is 27.3 Å². The molecule has 1 aromatic heterocycles. The van der Waals surface area contributed by atoms with E-state index in [1.807, 2.05) is 68.7 Å². The fraction of sp³-hybridized carbons (Fsp3) is 0.310. The van der Waals surface area contributed by atoms with Crippen molar-refractivity contribution < 1.29 is 14.7 Å². The van der Waals surface area contributed by atoms with Gasteiger partial charge in [0.1, 0.15) is 11.9 Å². The molecule has 0 radical (unpaired) electrons. The van der Waals surface area contributed by atoms with Crippen LogP contribution in [0.25, 0.3) is 0 Å². The second-order valence-electron chi connectivity index (χ2n) is 7.94. The number of aliphatic hydroxyl groups is 1. The number of aromatic nitrogens is 1. The third-order valence-corrected chi connectivity index (χ3v) is 5.97. The van der Waals surface area contributed by atoms with Gasteiger partial charge >= 0.3 is 0 Å². The van der Waals surface area contributed by atoms with Crippen LogP contribution in [0.1, 0.15) is 43.0 Å². The summed E-state index contributed by atoms with van der Waals surface area (Å²) < 4.78 is 2.94. The van der Waals surface area contributed by atoms with Crippen molar-refractivity contribution in [2.24, 2.45) is 5.73 Å². The lowest BCUT2D eigenvalue weighted by atomic mass is 10.1. The van der Waals surface area contributed by atoms with Crippen molar-refractivity contribution in [2.75, 3.05) is 13.2 Å². The molecule has 3 rings (SSSR count). The van der Waals surface area contributed by atoms with Gasteiger partial charge in [0.15, 0.2) is 0 Å². The minimum Gasteiger partial charge on any atom is -0.394 e. The van der Waals surface area contributed by atoms with Crippen LogP contribution in [-0.2, 0) is 28.3 Å². The average Bonchev–Trinajstić information content (AvgIpc) is 2.99. The molecule has 0 spiro atoms. The van der Waals surface area contributed by atoms with Gasteiger partial charge in [0.2, 0.25) is 11.8 Å². The molecule has 3 aromatic rings. The van der Waals surface area contributed by atoms with E-state index in [9.17, 15) is 14.7 Å². The number of benzene rings is 2. The van der Waals surface area contributed by atoms with Gasteiger partial charge in [-0.2, -0.15) is 0 Å². The van der Waals surface area contributed by atoms with Gasteiger partial charge < -0.3 is 21.5 Å². The van der Waals surface area contributed by atoms with Crippen LogP contribution in [0.3, 0.4) is 0 Å². The van der Waals surface area contributed by atoms with E-state index in [0.717, 1.165) is 17.5 Å². The Balaban J connectivity index is 0.000000641. The topological polar surface area (TPSA) is 153 Å². The highest BCUT2D eigenvalue weighted by molar-refractivity contribution is 7.96. The Bertz CT molecular complexity index is 1100. The molecular weight excluding hydrogens is 512 g/mol. The highest BCUT2D eigenvalue weighted by atomic mass is 32.2. The Morgan fingerprint density at radius 1 is 0.974 bits per heavy atom. The third-order valence-electron chi connectivity index (χ3n) is 5.14. The Kier molecular flexibility index (Phi) is 17.3. The Morgan fingerprint density at radius 3 is 2.15 bits per heavy atom. The Labute approximate surface area is 235 Å². The number of amides is 2. The maximum absolute atomic E-state index is 12.2. The van der Waals surface area contributed by atoms with Crippen LogP contribution in [-0.4, -0.2) is 46.9 Å². The first-order valence-corrected chi connectivity index (χ1v) is 13.8. The van der Waals surface area contributed by atoms with Gasteiger partial charge in [-0.1, -0.05) is 87.3 Å². The highest BCUT2D eigenvalue weighted by Crippen LogP contribution is 2.07. The molecule has 2 amide bonds. The first-order chi connectivity index (χ1) is 18.9. The molecule has 0 aliphatic carbocycles. The Hall–Kier alpha value is -3.73. The fourth-order valence-electron chi connectivity index (χ4n) is 3.00. The van der Waals surface area contributed by atoms with Crippen molar-refractivity contribution in [3.63, 3.8) is 0 Å². The van der Waals surface area contributed by atoms with E-state index >= 15 is 0 Å². The summed E-state index contributed by atoms with van der Waals surface area (Å²) in [7, 11) is 0. The van der Waals surface area contributed by atoms with E-state index in [-0.39, 0.29) is 24.8 Å². The van der Waals surface area contributed by atoms with E-state index < -0.39 is 18.6 Å². The lowest BCUT2D eigenvalue weighted by Crippen LogP contribution is -2.50. The molecule has 0 aliphatic heterocycles. The van der Waals surface area contributed by atoms with Gasteiger partial charge in [0, 0.05) is 30.3 Å². The molecule has 10 heteroatoms. The van der Waals surface area contributed by atoms with Crippen LogP contribution in [0.2, 0.25) is 0 Å². The van der Waals surface area contributed by atoms with Crippen molar-refractivity contribution in [1.82, 2.24) is 20.3 Å². The van der Waals surface area contributed by atoms with Gasteiger partial charge in [0.25, 0.3) is 0 Å². The number of aliphatic hydroxyl groups excluding tert-OH is 1. The number of rotatable bonds is 12. The normalized spacial score (nSPS) is 10.6. The first kappa shape index (κ1) is 33.3. The van der Waals surface area contributed by atoms with Gasteiger partial charge in [-0.3, -0.25) is 24.7 Å². The van der Waals surface area contributed by atoms with Crippen molar-refractivity contribution in [2.45, 2.75) is 45.5 Å². The van der Waals surface area contributed by atoms with Crippen molar-refractivity contribution in [3.8, 4) is 0 Å². The number of pyridine rings is 1. The minimum atomic E-state index is -1.03. The molecule has 1 heterocycles. The molecule has 1 unspecified atom stereocenters. The molecule has 210 valence electrons. The molecule has 1 atom stereocenters. The molecule has 0 bridgehead atoms. The number of amidine groups is 1. The monoisotopic (exact) mass is 552 g/mol. The van der Waals surface area contributed by atoms with E-state index in [0.29, 0.717) is 11.3 Å². The number of nitrogen functional groups attached to an aromatic ring is 1. The maximum Gasteiger partial charge on any atom is 0.245 e. The Morgan fingerprint density at radius 2 is 1.62 bits per heavy atom. The summed E-state index contributed by atoms with van der Waals surface area (Å²) in [6.07, 6.45) is 4.74. The molecular formula is C29H40N6O3S. The summed E-state index contributed by atoms with van der Waals surface area (Å²) in [5.74, 6) is -0.182. The van der Waals surface area contributed by atoms with Crippen LogP contribution in [0.4, 0.5) is 0 Å². The largest absolute Gasteiger partial charge is 0.394 e. The average molecular weight is 553 g/mol. The first-order valence-electron chi connectivity index (χ1n) is 12.8. The SMILES string of the molecule is CC.CCc1ccncc1.N=C(N)c1ccc(CNC(=O)C(CO)NC(=O)CNSCc2ccccc2)cc1. The molecule has 9 nitrogen and oxygen atoms in total. The maximum atomic E-state index is 12.2. The van der Waals surface area contributed by atoms with Gasteiger partial charge in [0.05, 0.1) is 13.2 Å². The number of nitrogens with zero attached hydrogens (tertiary/aromatic N) is 1. The van der Waals surface area contributed by atoms with Gasteiger partial charge in [-0.25, -0.2) is 0 Å². The zero-order chi connectivity index (χ0) is 28.9. The van der Waals surface area contributed by atoms with E-state index in [1.54, 1.807) is 24.3 Å². The lowest BCUT2D eigenvalue weighted by molar-refractivity contribution is -0.129. The predicted molar refractivity (Wildman–Crippen MR) is 159 cm³/mol. The van der Waals surface area contributed by atoms with Crippen molar-refractivity contribution in [1.29, 1.82) is 5.41 Å². The smallest absolute Gasteiger partial charge is 0.245 e. The summed E-state index contributed by atoms with van der Waals surface area (Å²) in [4.78, 5) is 28.1. The summed E-state index contributed by atoms with van der Waals surface area (Å²) in [6.45, 7) is 5.88. The standard InChI is InChI=1S/C20H25N5O3S.C7H9N.C2H6/c21-19(22)16-8-6-14(7-9-16)10-23-20(28)17(12-26)25-18(27)11-24-29-13-15-4-2-1-3-5-15;1-2-7-3-5-8-6-4-7;1-2/h1-9,17,24,26H,10-13H2,(H3,21,22)(H,23,28)(H,25,27);3-6H,2H2,1H3;1-2H3. The summed E-state index contributed by atoms with van der Waals surface area (Å²) in [6, 6.07) is 19.7. The summed E-state index contributed by atoms with van der Waals surface area (Å²) in [5.41, 5.74) is 9.29. The number of hydrogen-bond acceptors (Lipinski definition) is 7. The van der Waals surface area contributed by atoms with Gasteiger partial charge in [-0.05, 0) is 35.2 Å². The minimum absolute atomic E-state index is 0.0216. The van der Waals surface area contributed by atoms with Crippen LogP contribution in [0.15, 0.2) is 79.1 Å². The molecule has 39 heavy (non-hydrogen) atoms. The number of aryl methyl sites for hydroxylation is 1. The molecule has 2 aromatic carbocycles. The van der Waals surface area contributed by atoms with Crippen LogP contribution < -0.4 is 21.1 Å². The number of hydrogen-bond donors (Lipinski definition) is 6. The number of nitrogens with two attached hydrogens (primary N) is 1. The van der Waals surface area contributed by atoms with Crippen LogP contribution in [0.5, 0.6) is 0 Å². The van der Waals surface area contributed by atoms with Crippen molar-refractivity contribution in [3.05, 3.63) is 101 Å². The summed E-state index contributed by atoms with van der Waals surface area (Å²) >= 11 is 1.39.